The lowest BCUT2D eigenvalue weighted by molar-refractivity contribution is -0.136. The molecule has 0 unspecified atom stereocenters. The van der Waals surface area contributed by atoms with Crippen LogP contribution in [0.1, 0.15) is 38.5 Å². The predicted molar refractivity (Wildman–Crippen MR) is 86.6 cm³/mol. The van der Waals surface area contributed by atoms with Crippen LogP contribution in [-0.4, -0.2) is 57.6 Å². The summed E-state index contributed by atoms with van der Waals surface area (Å²) in [7, 11) is 1.92. The maximum atomic E-state index is 12.4. The summed E-state index contributed by atoms with van der Waals surface area (Å²) in [4.78, 5) is 28.4. The molecule has 2 atom stereocenters. The van der Waals surface area contributed by atoms with E-state index in [1.165, 1.54) is 0 Å². The molecule has 2 amide bonds. The Hall–Kier alpha value is -1.85. The molecule has 6 heteroatoms. The smallest absolute Gasteiger partial charge is 0.222 e. The fourth-order valence-electron chi connectivity index (χ4n) is 3.90. The topological polar surface area (TPSA) is 58.4 Å². The van der Waals surface area contributed by atoms with Crippen molar-refractivity contribution in [3.8, 4) is 0 Å². The molecule has 0 aliphatic carbocycles. The lowest BCUT2D eigenvalue weighted by Crippen LogP contribution is -2.51. The molecule has 0 radical (unpaired) electrons. The summed E-state index contributed by atoms with van der Waals surface area (Å²) in [5, 5.41) is 4.16. The van der Waals surface area contributed by atoms with E-state index in [9.17, 15) is 9.59 Å². The molecular formula is C17H26N4O2. The van der Waals surface area contributed by atoms with Gasteiger partial charge in [0, 0.05) is 58.0 Å². The van der Waals surface area contributed by atoms with Crippen LogP contribution in [0.25, 0.3) is 0 Å². The van der Waals surface area contributed by atoms with Gasteiger partial charge in [-0.2, -0.15) is 5.10 Å². The molecule has 0 spiro atoms. The molecule has 2 aliphatic heterocycles. The van der Waals surface area contributed by atoms with Gasteiger partial charge in [-0.25, -0.2) is 0 Å². The molecule has 0 aromatic carbocycles. The highest BCUT2D eigenvalue weighted by atomic mass is 16.2. The van der Waals surface area contributed by atoms with Gasteiger partial charge in [0.15, 0.2) is 0 Å². The van der Waals surface area contributed by atoms with Crippen LogP contribution in [0.15, 0.2) is 18.5 Å². The van der Waals surface area contributed by atoms with Gasteiger partial charge in [0.2, 0.25) is 11.8 Å². The van der Waals surface area contributed by atoms with E-state index in [0.29, 0.717) is 24.8 Å². The van der Waals surface area contributed by atoms with Gasteiger partial charge >= 0.3 is 0 Å². The largest absolute Gasteiger partial charge is 0.342 e. The first-order chi connectivity index (χ1) is 11.1. The molecule has 3 heterocycles. The number of aryl methyl sites for hydroxylation is 1. The number of carbonyl (C=O) groups excluding carboxylic acids is 2. The Morgan fingerprint density at radius 2 is 2.26 bits per heavy atom. The second kappa shape index (κ2) is 7.15. The first-order valence-electron chi connectivity index (χ1n) is 8.66. The second-order valence-electron chi connectivity index (χ2n) is 6.73. The molecule has 2 fully saturated rings. The van der Waals surface area contributed by atoms with Gasteiger partial charge in [-0.1, -0.05) is 0 Å². The van der Waals surface area contributed by atoms with Gasteiger partial charge in [0.25, 0.3) is 0 Å². The summed E-state index contributed by atoms with van der Waals surface area (Å²) in [6.07, 6.45) is 8.66. The SMILES string of the molecule is CN1C(=O)CCC[C@H]2CN(C(=O)CCCn3cccn3)CC[C@H]21. The molecule has 1 aromatic heterocycles. The summed E-state index contributed by atoms with van der Waals surface area (Å²) in [6.45, 7) is 2.37. The first-order valence-corrected chi connectivity index (χ1v) is 8.66. The Kier molecular flexibility index (Phi) is 4.98. The Morgan fingerprint density at radius 1 is 1.39 bits per heavy atom. The second-order valence-corrected chi connectivity index (χ2v) is 6.73. The number of aromatic nitrogens is 2. The van der Waals surface area contributed by atoms with Crippen LogP contribution in [0.3, 0.4) is 0 Å². The quantitative estimate of drug-likeness (QED) is 0.846. The van der Waals surface area contributed by atoms with Gasteiger partial charge in [-0.05, 0) is 37.7 Å². The molecule has 0 N–H and O–H groups in total. The number of fused-ring (bicyclic) bond motifs is 1. The van der Waals surface area contributed by atoms with Crippen LogP contribution in [0.5, 0.6) is 0 Å². The van der Waals surface area contributed by atoms with Crippen LogP contribution in [0, 0.1) is 5.92 Å². The predicted octanol–water partition coefficient (Wildman–Crippen LogP) is 1.52. The lowest BCUT2D eigenvalue weighted by Gasteiger charge is -2.41. The van der Waals surface area contributed by atoms with Crippen molar-refractivity contribution in [2.45, 2.75) is 51.1 Å². The van der Waals surface area contributed by atoms with E-state index in [-0.39, 0.29) is 11.8 Å². The summed E-state index contributed by atoms with van der Waals surface area (Å²) >= 11 is 0. The number of rotatable bonds is 4. The molecule has 3 rings (SSSR count). The van der Waals surface area contributed by atoms with E-state index >= 15 is 0 Å². The standard InChI is InChI=1S/C17H26N4O2/c1-19-15-8-12-20(13-14(15)5-2-6-16(19)22)17(23)7-3-10-21-11-4-9-18-21/h4,9,11,14-15H,2-3,5-8,10,12-13H2,1H3/t14-,15+/m0/s1. The molecule has 0 bridgehead atoms. The van der Waals surface area contributed by atoms with Crippen LogP contribution < -0.4 is 0 Å². The highest BCUT2D eigenvalue weighted by Gasteiger charge is 2.36. The normalized spacial score (nSPS) is 25.2. The summed E-state index contributed by atoms with van der Waals surface area (Å²) < 4.78 is 1.87. The van der Waals surface area contributed by atoms with Crippen LogP contribution >= 0.6 is 0 Å². The number of amides is 2. The van der Waals surface area contributed by atoms with Gasteiger partial charge in [-0.3, -0.25) is 14.3 Å². The number of nitrogens with zero attached hydrogens (tertiary/aromatic N) is 4. The minimum absolute atomic E-state index is 0.244. The third-order valence-corrected chi connectivity index (χ3v) is 5.24. The van der Waals surface area contributed by atoms with E-state index in [1.807, 2.05) is 33.8 Å². The van der Waals surface area contributed by atoms with Crippen LogP contribution in [0.2, 0.25) is 0 Å². The minimum atomic E-state index is 0.244. The molecule has 23 heavy (non-hydrogen) atoms. The van der Waals surface area contributed by atoms with Crippen LogP contribution in [0.4, 0.5) is 0 Å². The van der Waals surface area contributed by atoms with E-state index in [1.54, 1.807) is 6.20 Å². The number of hydrogen-bond acceptors (Lipinski definition) is 3. The first kappa shape index (κ1) is 16.0. The monoisotopic (exact) mass is 318 g/mol. The molecule has 1 aromatic rings. The summed E-state index contributed by atoms with van der Waals surface area (Å²) in [5.41, 5.74) is 0. The zero-order chi connectivity index (χ0) is 16.2. The molecule has 2 aliphatic rings. The average Bonchev–Trinajstić information content (AvgIpc) is 3.02. The number of likely N-dealkylation sites (tertiary alicyclic amines) is 2. The third kappa shape index (κ3) is 3.74. The maximum Gasteiger partial charge on any atom is 0.222 e. The highest BCUT2D eigenvalue weighted by Crippen LogP contribution is 2.29. The number of carbonyl (C=O) groups is 2. The summed E-state index contributed by atoms with van der Waals surface area (Å²) in [5.74, 6) is 0.945. The van der Waals surface area contributed by atoms with Crippen molar-refractivity contribution in [3.05, 3.63) is 18.5 Å². The van der Waals surface area contributed by atoms with Crippen molar-refractivity contribution in [3.63, 3.8) is 0 Å². The molecule has 2 saturated heterocycles. The number of piperidine rings is 1. The van der Waals surface area contributed by atoms with E-state index in [2.05, 4.69) is 5.10 Å². The van der Waals surface area contributed by atoms with E-state index in [4.69, 9.17) is 0 Å². The molecule has 6 nitrogen and oxygen atoms in total. The fraction of sp³-hybridized carbons (Fsp3) is 0.706. The van der Waals surface area contributed by atoms with Gasteiger partial charge in [-0.15, -0.1) is 0 Å². The van der Waals surface area contributed by atoms with E-state index < -0.39 is 0 Å². The third-order valence-electron chi connectivity index (χ3n) is 5.24. The average molecular weight is 318 g/mol. The fourth-order valence-corrected chi connectivity index (χ4v) is 3.90. The Balaban J connectivity index is 1.50. The van der Waals surface area contributed by atoms with Crippen molar-refractivity contribution in [2.75, 3.05) is 20.1 Å². The van der Waals surface area contributed by atoms with Crippen molar-refractivity contribution in [1.82, 2.24) is 19.6 Å². The number of hydrogen-bond donors (Lipinski definition) is 0. The van der Waals surface area contributed by atoms with Crippen molar-refractivity contribution < 1.29 is 9.59 Å². The molecule has 0 saturated carbocycles. The summed E-state index contributed by atoms with van der Waals surface area (Å²) in [6, 6.07) is 2.22. The zero-order valence-electron chi connectivity index (χ0n) is 13.9. The maximum absolute atomic E-state index is 12.4. The van der Waals surface area contributed by atoms with Crippen LogP contribution in [-0.2, 0) is 16.1 Å². The van der Waals surface area contributed by atoms with Crippen molar-refractivity contribution >= 4 is 11.8 Å². The Labute approximate surface area is 137 Å². The minimum Gasteiger partial charge on any atom is -0.342 e. The van der Waals surface area contributed by atoms with Crippen molar-refractivity contribution in [1.29, 1.82) is 0 Å². The van der Waals surface area contributed by atoms with Gasteiger partial charge in [0.1, 0.15) is 0 Å². The highest BCUT2D eigenvalue weighted by molar-refractivity contribution is 5.77. The lowest BCUT2D eigenvalue weighted by atomic mass is 9.88. The van der Waals surface area contributed by atoms with Gasteiger partial charge < -0.3 is 9.80 Å². The van der Waals surface area contributed by atoms with Crippen molar-refractivity contribution in [2.24, 2.45) is 5.92 Å². The molecule has 126 valence electrons. The van der Waals surface area contributed by atoms with E-state index in [0.717, 1.165) is 45.3 Å². The van der Waals surface area contributed by atoms with Gasteiger partial charge in [0.05, 0.1) is 0 Å². The molecular weight excluding hydrogens is 292 g/mol. The zero-order valence-corrected chi connectivity index (χ0v) is 13.9. The Bertz CT molecular complexity index is 543. The Morgan fingerprint density at radius 3 is 3.04 bits per heavy atom.